The lowest BCUT2D eigenvalue weighted by Gasteiger charge is -2.24. The van der Waals surface area contributed by atoms with Gasteiger partial charge in [0, 0.05) is 12.5 Å². The van der Waals surface area contributed by atoms with Crippen molar-refractivity contribution in [2.75, 3.05) is 20.7 Å². The van der Waals surface area contributed by atoms with Crippen LogP contribution in [0.3, 0.4) is 0 Å². The van der Waals surface area contributed by atoms with Crippen LogP contribution < -0.4 is 0 Å². The Hall–Kier alpha value is -0.570. The topological polar surface area (TPSA) is 29.5 Å². The molecule has 0 aromatic rings. The van der Waals surface area contributed by atoms with Crippen LogP contribution in [-0.4, -0.2) is 37.6 Å². The van der Waals surface area contributed by atoms with Gasteiger partial charge in [0.15, 0.2) is 0 Å². The fraction of sp³-hybridized carbons (Fsp3) is 0.950. The largest absolute Gasteiger partial charge is 0.466 e. The molecular formula is C20H41NO2. The first-order valence-corrected chi connectivity index (χ1v) is 9.93. The summed E-state index contributed by atoms with van der Waals surface area (Å²) in [7, 11) is 4.25. The smallest absolute Gasteiger partial charge is 0.305 e. The van der Waals surface area contributed by atoms with Crippen LogP contribution in [0.4, 0.5) is 0 Å². The maximum atomic E-state index is 11.7. The molecule has 0 aliphatic carbocycles. The first-order valence-electron chi connectivity index (χ1n) is 9.93. The van der Waals surface area contributed by atoms with Gasteiger partial charge in [-0.05, 0) is 33.4 Å². The summed E-state index contributed by atoms with van der Waals surface area (Å²) in [5, 5.41) is 0. The zero-order valence-electron chi connectivity index (χ0n) is 16.2. The molecule has 0 radical (unpaired) electrons. The van der Waals surface area contributed by atoms with Crippen molar-refractivity contribution in [2.45, 2.75) is 103 Å². The Labute approximate surface area is 145 Å². The van der Waals surface area contributed by atoms with Crippen molar-refractivity contribution in [3.8, 4) is 0 Å². The maximum absolute atomic E-state index is 11.7. The molecular weight excluding hydrogens is 286 g/mol. The lowest BCUT2D eigenvalue weighted by molar-refractivity contribution is -0.144. The van der Waals surface area contributed by atoms with Crippen LogP contribution in [0.1, 0.15) is 97.3 Å². The second-order valence-electron chi connectivity index (χ2n) is 6.99. The Morgan fingerprint density at radius 3 is 1.96 bits per heavy atom. The summed E-state index contributed by atoms with van der Waals surface area (Å²) in [6, 6.07) is 0.508. The molecule has 1 atom stereocenters. The highest BCUT2D eigenvalue weighted by Crippen LogP contribution is 2.15. The molecule has 3 nitrogen and oxygen atoms in total. The maximum Gasteiger partial charge on any atom is 0.305 e. The monoisotopic (exact) mass is 327 g/mol. The predicted octanol–water partition coefficient (Wildman–Crippen LogP) is 5.57. The van der Waals surface area contributed by atoms with Gasteiger partial charge in [-0.1, -0.05) is 71.6 Å². The number of esters is 1. The standard InChI is InChI=1S/C20H41NO2/c1-5-7-9-10-11-12-13-14-15-19(21(3)4)16-17-20(22)23-18-8-6-2/h19H,5-18H2,1-4H3. The zero-order chi connectivity index (χ0) is 17.3. The molecule has 1 unspecified atom stereocenters. The van der Waals surface area contributed by atoms with Crippen LogP contribution in [0, 0.1) is 0 Å². The number of rotatable bonds is 16. The summed E-state index contributed by atoms with van der Waals surface area (Å²) in [5.74, 6) is -0.0266. The number of carbonyl (C=O) groups excluding carboxylic acids is 1. The molecule has 0 bridgehead atoms. The Morgan fingerprint density at radius 1 is 0.826 bits per heavy atom. The van der Waals surface area contributed by atoms with E-state index in [9.17, 15) is 4.79 Å². The SMILES string of the molecule is CCCCCCCCCCC(CCC(=O)OCCCC)N(C)C. The third-order valence-corrected chi connectivity index (χ3v) is 4.56. The molecule has 138 valence electrons. The van der Waals surface area contributed by atoms with E-state index in [1.165, 1.54) is 57.8 Å². The quantitative estimate of drug-likeness (QED) is 0.274. The van der Waals surface area contributed by atoms with Gasteiger partial charge in [0.1, 0.15) is 0 Å². The summed E-state index contributed by atoms with van der Waals surface area (Å²) in [5.41, 5.74) is 0. The van der Waals surface area contributed by atoms with E-state index in [0.717, 1.165) is 19.3 Å². The fourth-order valence-corrected chi connectivity index (χ4v) is 2.86. The summed E-state index contributed by atoms with van der Waals surface area (Å²) in [6.45, 7) is 4.96. The first kappa shape index (κ1) is 22.4. The van der Waals surface area contributed by atoms with Crippen LogP contribution in [0.2, 0.25) is 0 Å². The Bertz CT molecular complexity index is 266. The van der Waals surface area contributed by atoms with Gasteiger partial charge in [-0.3, -0.25) is 4.79 Å². The molecule has 0 aliphatic heterocycles. The highest BCUT2D eigenvalue weighted by atomic mass is 16.5. The van der Waals surface area contributed by atoms with Crippen molar-refractivity contribution in [3.63, 3.8) is 0 Å². The van der Waals surface area contributed by atoms with E-state index in [1.54, 1.807) is 0 Å². The third kappa shape index (κ3) is 14.7. The van der Waals surface area contributed by atoms with Crippen molar-refractivity contribution in [2.24, 2.45) is 0 Å². The van der Waals surface area contributed by atoms with Gasteiger partial charge >= 0.3 is 5.97 Å². The highest BCUT2D eigenvalue weighted by molar-refractivity contribution is 5.69. The minimum atomic E-state index is -0.0266. The predicted molar refractivity (Wildman–Crippen MR) is 99.8 cm³/mol. The van der Waals surface area contributed by atoms with Gasteiger partial charge in [0.05, 0.1) is 6.61 Å². The molecule has 0 N–H and O–H groups in total. The van der Waals surface area contributed by atoms with E-state index < -0.39 is 0 Å². The van der Waals surface area contributed by atoms with E-state index in [1.807, 2.05) is 0 Å². The third-order valence-electron chi connectivity index (χ3n) is 4.56. The van der Waals surface area contributed by atoms with Crippen LogP contribution in [0.25, 0.3) is 0 Å². The van der Waals surface area contributed by atoms with Crippen LogP contribution in [-0.2, 0) is 9.53 Å². The summed E-state index contributed by atoms with van der Waals surface area (Å²) in [4.78, 5) is 14.0. The molecule has 0 fully saturated rings. The van der Waals surface area contributed by atoms with E-state index in [4.69, 9.17) is 4.74 Å². The van der Waals surface area contributed by atoms with Crippen molar-refractivity contribution < 1.29 is 9.53 Å². The van der Waals surface area contributed by atoms with E-state index in [-0.39, 0.29) is 5.97 Å². The first-order chi connectivity index (χ1) is 11.1. The highest BCUT2D eigenvalue weighted by Gasteiger charge is 2.13. The van der Waals surface area contributed by atoms with Crippen molar-refractivity contribution in [1.29, 1.82) is 0 Å². The van der Waals surface area contributed by atoms with E-state index >= 15 is 0 Å². The molecule has 0 saturated carbocycles. The van der Waals surface area contributed by atoms with E-state index in [0.29, 0.717) is 19.1 Å². The van der Waals surface area contributed by atoms with Gasteiger partial charge in [0.25, 0.3) is 0 Å². The molecule has 3 heteroatoms. The Morgan fingerprint density at radius 2 is 1.39 bits per heavy atom. The second kappa shape index (κ2) is 16.3. The molecule has 0 amide bonds. The van der Waals surface area contributed by atoms with Crippen LogP contribution in [0.15, 0.2) is 0 Å². The summed E-state index contributed by atoms with van der Waals surface area (Å²) in [6.07, 6.45) is 15.6. The number of hydrogen-bond acceptors (Lipinski definition) is 3. The van der Waals surface area contributed by atoms with E-state index in [2.05, 4.69) is 32.8 Å². The van der Waals surface area contributed by atoms with Gasteiger partial charge in [-0.15, -0.1) is 0 Å². The van der Waals surface area contributed by atoms with Crippen molar-refractivity contribution >= 4 is 5.97 Å². The number of hydrogen-bond donors (Lipinski definition) is 0. The molecule has 0 spiro atoms. The van der Waals surface area contributed by atoms with Crippen molar-refractivity contribution in [3.05, 3.63) is 0 Å². The van der Waals surface area contributed by atoms with Crippen LogP contribution >= 0.6 is 0 Å². The molecule has 0 aromatic carbocycles. The van der Waals surface area contributed by atoms with Crippen LogP contribution in [0.5, 0.6) is 0 Å². The average molecular weight is 328 g/mol. The summed E-state index contributed by atoms with van der Waals surface area (Å²) >= 11 is 0. The second-order valence-corrected chi connectivity index (χ2v) is 6.99. The van der Waals surface area contributed by atoms with Gasteiger partial charge < -0.3 is 9.64 Å². The van der Waals surface area contributed by atoms with Crippen molar-refractivity contribution in [1.82, 2.24) is 4.90 Å². The summed E-state index contributed by atoms with van der Waals surface area (Å²) < 4.78 is 5.24. The normalized spacial score (nSPS) is 12.6. The fourth-order valence-electron chi connectivity index (χ4n) is 2.86. The number of carbonyl (C=O) groups is 1. The zero-order valence-corrected chi connectivity index (χ0v) is 16.2. The van der Waals surface area contributed by atoms with Gasteiger partial charge in [-0.25, -0.2) is 0 Å². The minimum absolute atomic E-state index is 0.0266. The lowest BCUT2D eigenvalue weighted by atomic mass is 10.0. The van der Waals surface area contributed by atoms with Gasteiger partial charge in [0.2, 0.25) is 0 Å². The Balaban J connectivity index is 3.68. The molecule has 0 rings (SSSR count). The average Bonchev–Trinajstić information content (AvgIpc) is 2.52. The minimum Gasteiger partial charge on any atom is -0.466 e. The molecule has 0 heterocycles. The van der Waals surface area contributed by atoms with Gasteiger partial charge in [-0.2, -0.15) is 0 Å². The Kier molecular flexibility index (Phi) is 15.9. The molecule has 0 saturated heterocycles. The lowest BCUT2D eigenvalue weighted by Crippen LogP contribution is -2.28. The number of unbranched alkanes of at least 4 members (excludes halogenated alkanes) is 8. The molecule has 23 heavy (non-hydrogen) atoms. The molecule has 0 aliphatic rings. The number of ether oxygens (including phenoxy) is 1. The molecule has 0 aromatic heterocycles. The number of nitrogens with zero attached hydrogens (tertiary/aromatic N) is 1.